The molecule has 0 heterocycles. The quantitative estimate of drug-likeness (QED) is 0.480. The first-order chi connectivity index (χ1) is 7.21. The molecule has 0 aromatic heterocycles. The van der Waals surface area contributed by atoms with Crippen molar-refractivity contribution >= 4 is 18.9 Å². The second kappa shape index (κ2) is 7.26. The van der Waals surface area contributed by atoms with E-state index in [1.165, 1.54) is 0 Å². The maximum Gasteiger partial charge on any atom is 1.00 e. The number of rotatable bonds is 2. The van der Waals surface area contributed by atoms with Gasteiger partial charge in [-0.1, -0.05) is 79.6 Å². The van der Waals surface area contributed by atoms with Crippen molar-refractivity contribution in [2.75, 3.05) is 0 Å². The van der Waals surface area contributed by atoms with E-state index in [2.05, 4.69) is 0 Å². The Balaban J connectivity index is 0.00000128. The van der Waals surface area contributed by atoms with E-state index in [9.17, 15) is 9.59 Å². The van der Waals surface area contributed by atoms with Gasteiger partial charge in [-0.15, -0.1) is 0 Å². The van der Waals surface area contributed by atoms with Gasteiger partial charge in [0.2, 0.25) is 0 Å². The van der Waals surface area contributed by atoms with Gasteiger partial charge in [0.05, 0.1) is 0 Å². The first kappa shape index (κ1) is 16.8. The van der Waals surface area contributed by atoms with Crippen LogP contribution in [0.2, 0.25) is 0 Å². The molecule has 0 saturated heterocycles. The predicted octanol–water partition coefficient (Wildman–Crippen LogP) is -7.03. The van der Waals surface area contributed by atoms with Crippen molar-refractivity contribution in [3.63, 3.8) is 0 Å². The Kier molecular flexibility index (Phi) is 7.16. The third kappa shape index (κ3) is 3.88. The van der Waals surface area contributed by atoms with Gasteiger partial charge in [-0.05, 0) is 0 Å². The standard InChI is InChI=1S/C12H10O2Si.2Li/c13-15(14,11-7-3-1-4-8-11)12-9-5-2-6-10-12;;/h1-10H;;/q-2;2*+1. The third-order valence-corrected chi connectivity index (χ3v) is 4.49. The summed E-state index contributed by atoms with van der Waals surface area (Å²) < 4.78 is 0. The molecule has 2 rings (SSSR count). The molecule has 0 aliphatic rings. The van der Waals surface area contributed by atoms with Crippen molar-refractivity contribution in [1.82, 2.24) is 0 Å². The van der Waals surface area contributed by atoms with Gasteiger partial charge >= 0.3 is 37.7 Å². The number of hydrogen-bond donors (Lipinski definition) is 0. The summed E-state index contributed by atoms with van der Waals surface area (Å²) in [4.78, 5) is 24.2. The monoisotopic (exact) mass is 228 g/mol. The van der Waals surface area contributed by atoms with E-state index in [1.54, 1.807) is 60.7 Å². The summed E-state index contributed by atoms with van der Waals surface area (Å²) in [6.07, 6.45) is 0. The van der Waals surface area contributed by atoms with E-state index in [-0.39, 0.29) is 37.7 Å². The second-order valence-electron chi connectivity index (χ2n) is 3.35. The van der Waals surface area contributed by atoms with Crippen molar-refractivity contribution in [2.45, 2.75) is 0 Å². The van der Waals surface area contributed by atoms with Crippen molar-refractivity contribution < 1.29 is 47.3 Å². The Morgan fingerprint density at radius 1 is 0.588 bits per heavy atom. The van der Waals surface area contributed by atoms with Crippen LogP contribution in [0.3, 0.4) is 0 Å². The Bertz CT molecular complexity index is 393. The Morgan fingerprint density at radius 2 is 0.882 bits per heavy atom. The summed E-state index contributed by atoms with van der Waals surface area (Å²) >= 11 is 0. The molecule has 2 aromatic carbocycles. The van der Waals surface area contributed by atoms with E-state index >= 15 is 0 Å². The summed E-state index contributed by atoms with van der Waals surface area (Å²) in [7, 11) is -3.96. The molecular weight excluding hydrogens is 218 g/mol. The summed E-state index contributed by atoms with van der Waals surface area (Å²) in [6.45, 7) is 0. The molecule has 0 aliphatic carbocycles. The van der Waals surface area contributed by atoms with Crippen molar-refractivity contribution in [2.24, 2.45) is 0 Å². The summed E-state index contributed by atoms with van der Waals surface area (Å²) in [5.41, 5.74) is 0. The van der Waals surface area contributed by atoms with Gasteiger partial charge in [0.25, 0.3) is 0 Å². The SMILES string of the molecule is [Li+].[Li+].[O-][Si]([O-])(c1ccccc1)c1ccccc1. The topological polar surface area (TPSA) is 46.1 Å². The zero-order valence-corrected chi connectivity index (χ0v) is 11.1. The smallest absolute Gasteiger partial charge is 0.863 e. The molecule has 0 fully saturated rings. The first-order valence-corrected chi connectivity index (χ1v) is 6.55. The fraction of sp³-hybridized carbons (Fsp3) is 0. The zero-order valence-electron chi connectivity index (χ0n) is 10.1. The minimum atomic E-state index is -3.96. The minimum absolute atomic E-state index is 0. The Labute approximate surface area is 126 Å². The van der Waals surface area contributed by atoms with Crippen LogP contribution in [0.5, 0.6) is 0 Å². The van der Waals surface area contributed by atoms with Crippen molar-refractivity contribution in [1.29, 1.82) is 0 Å². The van der Waals surface area contributed by atoms with E-state index in [0.717, 1.165) is 0 Å². The largest absolute Gasteiger partial charge is 1.00 e. The van der Waals surface area contributed by atoms with Crippen LogP contribution < -0.4 is 57.7 Å². The van der Waals surface area contributed by atoms with Gasteiger partial charge in [-0.3, -0.25) is 0 Å². The normalized spacial score (nSPS) is 10.0. The van der Waals surface area contributed by atoms with E-state index < -0.39 is 8.56 Å². The van der Waals surface area contributed by atoms with Crippen LogP contribution in [-0.4, -0.2) is 8.56 Å². The van der Waals surface area contributed by atoms with E-state index in [0.29, 0.717) is 10.4 Å². The fourth-order valence-corrected chi connectivity index (χ4v) is 3.08. The molecular formula is C12H10Li2O2Si. The average Bonchev–Trinajstić information content (AvgIpc) is 2.31. The zero-order chi connectivity index (χ0) is 10.7. The Morgan fingerprint density at radius 3 is 1.18 bits per heavy atom. The van der Waals surface area contributed by atoms with Gasteiger partial charge in [-0.25, -0.2) is 0 Å². The van der Waals surface area contributed by atoms with Crippen LogP contribution in [0, 0.1) is 0 Å². The van der Waals surface area contributed by atoms with Gasteiger partial charge < -0.3 is 9.59 Å². The molecule has 17 heavy (non-hydrogen) atoms. The maximum atomic E-state index is 12.1. The van der Waals surface area contributed by atoms with Crippen LogP contribution in [-0.2, 0) is 0 Å². The number of benzene rings is 2. The molecule has 76 valence electrons. The van der Waals surface area contributed by atoms with Crippen LogP contribution in [0.25, 0.3) is 0 Å². The predicted molar refractivity (Wildman–Crippen MR) is 57.9 cm³/mol. The molecule has 0 bridgehead atoms. The fourth-order valence-electron chi connectivity index (χ4n) is 1.48. The van der Waals surface area contributed by atoms with E-state index in [1.807, 2.05) is 0 Å². The summed E-state index contributed by atoms with van der Waals surface area (Å²) in [5, 5.41) is 0.771. The van der Waals surface area contributed by atoms with Crippen molar-refractivity contribution in [3.05, 3.63) is 60.7 Å². The molecule has 5 heteroatoms. The van der Waals surface area contributed by atoms with Gasteiger partial charge in [-0.2, -0.15) is 0 Å². The Hall–Kier alpha value is -0.228. The van der Waals surface area contributed by atoms with Crippen LogP contribution >= 0.6 is 0 Å². The molecule has 0 aliphatic heterocycles. The maximum absolute atomic E-state index is 12.1. The average molecular weight is 228 g/mol. The number of hydrogen-bond acceptors (Lipinski definition) is 2. The minimum Gasteiger partial charge on any atom is -0.863 e. The summed E-state index contributed by atoms with van der Waals surface area (Å²) in [6, 6.07) is 17.0. The van der Waals surface area contributed by atoms with Gasteiger partial charge in [0.1, 0.15) is 0 Å². The molecule has 0 unspecified atom stereocenters. The molecule has 0 radical (unpaired) electrons. The molecule has 2 aromatic rings. The van der Waals surface area contributed by atoms with Crippen molar-refractivity contribution in [3.8, 4) is 0 Å². The van der Waals surface area contributed by atoms with Gasteiger partial charge in [0, 0.05) is 0 Å². The van der Waals surface area contributed by atoms with Crippen LogP contribution in [0.4, 0.5) is 0 Å². The van der Waals surface area contributed by atoms with Gasteiger partial charge in [0.15, 0.2) is 0 Å². The first-order valence-electron chi connectivity index (χ1n) is 4.73. The second-order valence-corrected chi connectivity index (χ2v) is 5.74. The molecule has 0 spiro atoms. The van der Waals surface area contributed by atoms with Crippen LogP contribution in [0.1, 0.15) is 0 Å². The van der Waals surface area contributed by atoms with Crippen LogP contribution in [0.15, 0.2) is 60.7 Å². The molecule has 0 saturated carbocycles. The van der Waals surface area contributed by atoms with E-state index in [4.69, 9.17) is 0 Å². The molecule has 0 amide bonds. The molecule has 2 nitrogen and oxygen atoms in total. The molecule has 0 atom stereocenters. The third-order valence-electron chi connectivity index (χ3n) is 2.31. The molecule has 0 N–H and O–H groups in total. The summed E-state index contributed by atoms with van der Waals surface area (Å²) in [5.74, 6) is 0.